The van der Waals surface area contributed by atoms with Gasteiger partial charge in [-0.1, -0.05) is 37.1 Å². The summed E-state index contributed by atoms with van der Waals surface area (Å²) in [7, 11) is 0. The van der Waals surface area contributed by atoms with Crippen LogP contribution in [0.25, 0.3) is 0 Å². The van der Waals surface area contributed by atoms with Gasteiger partial charge in [0, 0.05) is 0 Å². The van der Waals surface area contributed by atoms with Gasteiger partial charge in [-0.05, 0) is 24.5 Å². The summed E-state index contributed by atoms with van der Waals surface area (Å²) in [5.74, 6) is 0. The summed E-state index contributed by atoms with van der Waals surface area (Å²) in [6.45, 7) is 0.763. The highest BCUT2D eigenvalue weighted by molar-refractivity contribution is 5.12. The molecule has 1 aliphatic rings. The summed E-state index contributed by atoms with van der Waals surface area (Å²) in [6.07, 6.45) is 5.70. The van der Waals surface area contributed by atoms with Crippen LogP contribution in [0.1, 0.15) is 31.2 Å². The molecule has 1 saturated carbocycles. The van der Waals surface area contributed by atoms with E-state index in [2.05, 4.69) is 18.2 Å². The van der Waals surface area contributed by atoms with Crippen molar-refractivity contribution in [1.29, 1.82) is 0 Å². The van der Waals surface area contributed by atoms with Gasteiger partial charge in [0.2, 0.25) is 0 Å². The number of hydrogen-bond donors (Lipinski definition) is 0. The second-order valence-corrected chi connectivity index (χ2v) is 3.63. The summed E-state index contributed by atoms with van der Waals surface area (Å²) in [6, 6.07) is 11.0. The van der Waals surface area contributed by atoms with Crippen molar-refractivity contribution in [3.8, 4) is 0 Å². The minimum Gasteiger partial charge on any atom is -0.374 e. The van der Waals surface area contributed by atoms with Gasteiger partial charge in [0.1, 0.15) is 0 Å². The van der Waals surface area contributed by atoms with Crippen LogP contribution in [-0.4, -0.2) is 6.10 Å². The molecule has 1 aromatic carbocycles. The first-order valence-corrected chi connectivity index (χ1v) is 5.02. The van der Waals surface area contributed by atoms with Crippen molar-refractivity contribution in [3.05, 3.63) is 35.9 Å². The molecule has 0 aliphatic heterocycles. The Balaban J connectivity index is 1.79. The summed E-state index contributed by atoms with van der Waals surface area (Å²) in [5, 5.41) is 0. The van der Waals surface area contributed by atoms with Gasteiger partial charge in [-0.2, -0.15) is 0 Å². The zero-order valence-corrected chi connectivity index (χ0v) is 7.83. The molecule has 2 rings (SSSR count). The first-order chi connectivity index (χ1) is 6.45. The zero-order chi connectivity index (χ0) is 8.93. The molecule has 13 heavy (non-hydrogen) atoms. The van der Waals surface area contributed by atoms with Crippen molar-refractivity contribution in [2.75, 3.05) is 0 Å². The van der Waals surface area contributed by atoms with Crippen molar-refractivity contribution < 1.29 is 4.74 Å². The molecule has 0 heterocycles. The Morgan fingerprint density at radius 3 is 2.62 bits per heavy atom. The van der Waals surface area contributed by atoms with Crippen molar-refractivity contribution in [3.63, 3.8) is 0 Å². The van der Waals surface area contributed by atoms with E-state index in [0.29, 0.717) is 6.10 Å². The molecule has 1 radical (unpaired) electrons. The Morgan fingerprint density at radius 2 is 1.92 bits per heavy atom. The standard InChI is InChI=1S/C12H15O/c1-2-6-11(7-3-1)10-13-12-8-4-5-9-12/h2-3,6-7,12H,4-5,8-10H2. The average Bonchev–Trinajstić information content (AvgIpc) is 2.69. The highest BCUT2D eigenvalue weighted by atomic mass is 16.5. The Morgan fingerprint density at radius 1 is 1.23 bits per heavy atom. The van der Waals surface area contributed by atoms with Crippen molar-refractivity contribution in [2.24, 2.45) is 0 Å². The second-order valence-electron chi connectivity index (χ2n) is 3.63. The van der Waals surface area contributed by atoms with Gasteiger partial charge in [0.15, 0.2) is 0 Å². The summed E-state index contributed by atoms with van der Waals surface area (Å²) < 4.78 is 5.78. The summed E-state index contributed by atoms with van der Waals surface area (Å²) >= 11 is 0. The Labute approximate surface area is 79.7 Å². The van der Waals surface area contributed by atoms with Gasteiger partial charge in [0.05, 0.1) is 12.7 Å². The van der Waals surface area contributed by atoms with E-state index in [9.17, 15) is 0 Å². The molecule has 0 aromatic heterocycles. The van der Waals surface area contributed by atoms with Crippen LogP contribution in [-0.2, 0) is 11.3 Å². The van der Waals surface area contributed by atoms with Gasteiger partial charge < -0.3 is 4.74 Å². The lowest BCUT2D eigenvalue weighted by molar-refractivity contribution is 0.0457. The van der Waals surface area contributed by atoms with Crippen LogP contribution < -0.4 is 0 Å². The lowest BCUT2D eigenvalue weighted by atomic mass is 10.2. The Bertz CT molecular complexity index is 237. The molecule has 0 N–H and O–H groups in total. The van der Waals surface area contributed by atoms with Crippen LogP contribution in [0, 0.1) is 6.07 Å². The van der Waals surface area contributed by atoms with E-state index < -0.39 is 0 Å². The molecule has 0 atom stereocenters. The highest BCUT2D eigenvalue weighted by Crippen LogP contribution is 2.21. The fourth-order valence-electron chi connectivity index (χ4n) is 1.79. The van der Waals surface area contributed by atoms with E-state index in [-0.39, 0.29) is 0 Å². The number of rotatable bonds is 3. The maximum atomic E-state index is 5.78. The quantitative estimate of drug-likeness (QED) is 0.686. The van der Waals surface area contributed by atoms with E-state index in [4.69, 9.17) is 4.74 Å². The third-order valence-electron chi connectivity index (χ3n) is 2.58. The van der Waals surface area contributed by atoms with Crippen LogP contribution in [0.2, 0.25) is 0 Å². The van der Waals surface area contributed by atoms with Crippen molar-refractivity contribution >= 4 is 0 Å². The van der Waals surface area contributed by atoms with Crippen molar-refractivity contribution in [1.82, 2.24) is 0 Å². The van der Waals surface area contributed by atoms with E-state index >= 15 is 0 Å². The summed E-state index contributed by atoms with van der Waals surface area (Å²) in [5.41, 5.74) is 1.26. The molecule has 0 spiro atoms. The van der Waals surface area contributed by atoms with Crippen molar-refractivity contribution in [2.45, 2.75) is 38.4 Å². The molecule has 1 fully saturated rings. The van der Waals surface area contributed by atoms with E-state index in [1.54, 1.807) is 0 Å². The van der Waals surface area contributed by atoms with Gasteiger partial charge in [-0.25, -0.2) is 0 Å². The van der Waals surface area contributed by atoms with Crippen LogP contribution in [0.15, 0.2) is 24.3 Å². The topological polar surface area (TPSA) is 9.23 Å². The number of hydrogen-bond acceptors (Lipinski definition) is 1. The largest absolute Gasteiger partial charge is 0.374 e. The predicted octanol–water partition coefficient (Wildman–Crippen LogP) is 2.95. The smallest absolute Gasteiger partial charge is 0.0720 e. The molecule has 1 aliphatic carbocycles. The maximum absolute atomic E-state index is 5.78. The zero-order valence-electron chi connectivity index (χ0n) is 7.83. The number of benzene rings is 1. The molecule has 69 valence electrons. The maximum Gasteiger partial charge on any atom is 0.0720 e. The first-order valence-electron chi connectivity index (χ1n) is 5.02. The second kappa shape index (κ2) is 4.43. The van der Waals surface area contributed by atoms with E-state index in [0.717, 1.165) is 6.61 Å². The molecule has 0 amide bonds. The van der Waals surface area contributed by atoms with Crippen LogP contribution in [0.3, 0.4) is 0 Å². The van der Waals surface area contributed by atoms with E-state index in [1.165, 1.54) is 31.2 Å². The minimum absolute atomic E-state index is 0.518. The van der Waals surface area contributed by atoms with Gasteiger partial charge >= 0.3 is 0 Å². The van der Waals surface area contributed by atoms with Crippen LogP contribution in [0.4, 0.5) is 0 Å². The minimum atomic E-state index is 0.518. The molecular weight excluding hydrogens is 160 g/mol. The lowest BCUT2D eigenvalue weighted by Gasteiger charge is -2.10. The summed E-state index contributed by atoms with van der Waals surface area (Å²) in [4.78, 5) is 0. The Hall–Kier alpha value is -0.820. The molecule has 0 bridgehead atoms. The normalized spacial score (nSPS) is 17.8. The third-order valence-corrected chi connectivity index (χ3v) is 2.58. The fraction of sp³-hybridized carbons (Fsp3) is 0.500. The van der Waals surface area contributed by atoms with Gasteiger partial charge in [-0.15, -0.1) is 0 Å². The predicted molar refractivity (Wildman–Crippen MR) is 52.3 cm³/mol. The molecule has 0 unspecified atom stereocenters. The fourth-order valence-corrected chi connectivity index (χ4v) is 1.79. The number of ether oxygens (including phenoxy) is 1. The highest BCUT2D eigenvalue weighted by Gasteiger charge is 2.14. The lowest BCUT2D eigenvalue weighted by Crippen LogP contribution is -2.06. The van der Waals surface area contributed by atoms with Crippen LogP contribution >= 0.6 is 0 Å². The molecule has 1 nitrogen and oxygen atoms in total. The van der Waals surface area contributed by atoms with Crippen LogP contribution in [0.5, 0.6) is 0 Å². The Kier molecular flexibility index (Phi) is 2.98. The SMILES string of the molecule is [c]1ccc(COC2CCCC2)cc1. The monoisotopic (exact) mass is 175 g/mol. The molecule has 1 aromatic rings. The first kappa shape index (κ1) is 8.76. The average molecular weight is 175 g/mol. The molecule has 1 heteroatoms. The molecule has 0 saturated heterocycles. The molecular formula is C12H15O. The third kappa shape index (κ3) is 2.56. The van der Waals surface area contributed by atoms with E-state index in [1.807, 2.05) is 12.1 Å². The van der Waals surface area contributed by atoms with Gasteiger partial charge in [0.25, 0.3) is 0 Å². The van der Waals surface area contributed by atoms with Gasteiger partial charge in [-0.3, -0.25) is 0 Å².